The highest BCUT2D eigenvalue weighted by Gasteiger charge is 2.13. The number of carbonyl (C=O) groups is 1. The number of nitrogen functional groups attached to an aromatic ring is 1. The van der Waals surface area contributed by atoms with Crippen molar-refractivity contribution in [3.63, 3.8) is 0 Å². The molecule has 0 aliphatic heterocycles. The van der Waals surface area contributed by atoms with Crippen LogP contribution in [0.1, 0.15) is 10.4 Å². The molecular formula is C13H10F2N2O2. The van der Waals surface area contributed by atoms with Gasteiger partial charge in [0.2, 0.25) is 0 Å². The smallest absolute Gasteiger partial charge is 0.250 e. The zero-order chi connectivity index (χ0) is 14.0. The molecule has 98 valence electrons. The number of nitrogens with two attached hydrogens (primary N) is 2. The number of benzene rings is 2. The topological polar surface area (TPSA) is 78.3 Å². The van der Waals surface area contributed by atoms with E-state index in [0.29, 0.717) is 0 Å². The van der Waals surface area contributed by atoms with Gasteiger partial charge in [0, 0.05) is 17.8 Å². The van der Waals surface area contributed by atoms with Crippen molar-refractivity contribution in [2.24, 2.45) is 5.73 Å². The van der Waals surface area contributed by atoms with Crippen LogP contribution in [-0.2, 0) is 0 Å². The Morgan fingerprint density at radius 2 is 1.89 bits per heavy atom. The Hall–Kier alpha value is -2.63. The molecule has 2 rings (SSSR count). The maximum Gasteiger partial charge on any atom is 0.250 e. The van der Waals surface area contributed by atoms with E-state index < -0.39 is 17.5 Å². The number of hydrogen-bond donors (Lipinski definition) is 2. The lowest BCUT2D eigenvalue weighted by molar-refractivity contribution is 0.100. The van der Waals surface area contributed by atoms with Crippen molar-refractivity contribution < 1.29 is 18.3 Å². The fraction of sp³-hybridized carbons (Fsp3) is 0. The molecule has 2 aromatic carbocycles. The van der Waals surface area contributed by atoms with Gasteiger partial charge in [-0.3, -0.25) is 4.79 Å². The Morgan fingerprint density at radius 1 is 1.16 bits per heavy atom. The number of amides is 1. The number of anilines is 1. The third-order valence-electron chi connectivity index (χ3n) is 2.39. The van der Waals surface area contributed by atoms with Gasteiger partial charge in [-0.15, -0.1) is 0 Å². The Kier molecular flexibility index (Phi) is 3.33. The summed E-state index contributed by atoms with van der Waals surface area (Å²) in [6.07, 6.45) is 0. The molecule has 4 N–H and O–H groups in total. The lowest BCUT2D eigenvalue weighted by Crippen LogP contribution is -2.14. The largest absolute Gasteiger partial charge is 0.454 e. The van der Waals surface area contributed by atoms with Crippen molar-refractivity contribution in [1.29, 1.82) is 0 Å². The highest BCUT2D eigenvalue weighted by molar-refractivity contribution is 5.98. The van der Waals surface area contributed by atoms with Crippen LogP contribution < -0.4 is 16.2 Å². The predicted molar refractivity (Wildman–Crippen MR) is 65.8 cm³/mol. The second-order valence-electron chi connectivity index (χ2n) is 3.79. The summed E-state index contributed by atoms with van der Waals surface area (Å²) < 4.78 is 31.8. The third-order valence-corrected chi connectivity index (χ3v) is 2.39. The Labute approximate surface area is 107 Å². The molecule has 0 spiro atoms. The minimum atomic E-state index is -0.804. The maximum absolute atomic E-state index is 13.6. The molecule has 6 heteroatoms. The summed E-state index contributed by atoms with van der Waals surface area (Å²) in [7, 11) is 0. The zero-order valence-corrected chi connectivity index (χ0v) is 9.69. The molecule has 0 unspecified atom stereocenters. The second kappa shape index (κ2) is 4.93. The fourth-order valence-electron chi connectivity index (χ4n) is 1.52. The van der Waals surface area contributed by atoms with Crippen LogP contribution in [-0.4, -0.2) is 5.91 Å². The fourth-order valence-corrected chi connectivity index (χ4v) is 1.52. The SMILES string of the molecule is NC(=O)c1cc(Oc2cccc(F)c2)c(F)cc1N. The maximum atomic E-state index is 13.6. The minimum absolute atomic E-state index is 0.0622. The normalized spacial score (nSPS) is 10.2. The molecule has 0 heterocycles. The lowest BCUT2D eigenvalue weighted by Gasteiger charge is -2.09. The standard InChI is InChI=1S/C13H10F2N2O2/c14-7-2-1-3-8(4-7)19-12-5-9(13(17)18)11(16)6-10(12)15/h1-6H,16H2,(H2,17,18). The van der Waals surface area contributed by atoms with Gasteiger partial charge in [0.05, 0.1) is 5.56 Å². The minimum Gasteiger partial charge on any atom is -0.454 e. The molecule has 0 aliphatic carbocycles. The molecule has 0 fully saturated rings. The molecule has 0 saturated carbocycles. The number of carbonyl (C=O) groups excluding carboxylic acids is 1. The van der Waals surface area contributed by atoms with Gasteiger partial charge < -0.3 is 16.2 Å². The van der Waals surface area contributed by atoms with Gasteiger partial charge in [-0.25, -0.2) is 8.78 Å². The Balaban J connectivity index is 2.40. The second-order valence-corrected chi connectivity index (χ2v) is 3.79. The van der Waals surface area contributed by atoms with Gasteiger partial charge in [-0.05, 0) is 18.2 Å². The van der Waals surface area contributed by atoms with E-state index in [1.54, 1.807) is 0 Å². The van der Waals surface area contributed by atoms with Crippen LogP contribution in [0.5, 0.6) is 11.5 Å². The van der Waals surface area contributed by atoms with Gasteiger partial charge in [0.15, 0.2) is 11.6 Å². The van der Waals surface area contributed by atoms with Crippen LogP contribution >= 0.6 is 0 Å². The molecule has 0 aromatic heterocycles. The van der Waals surface area contributed by atoms with E-state index in [1.165, 1.54) is 18.2 Å². The van der Waals surface area contributed by atoms with Crippen LogP contribution in [0, 0.1) is 11.6 Å². The van der Waals surface area contributed by atoms with Crippen molar-refractivity contribution in [2.45, 2.75) is 0 Å². The summed E-state index contributed by atoms with van der Waals surface area (Å²) in [5.74, 6) is -2.26. The first kappa shape index (κ1) is 12.8. The summed E-state index contributed by atoms with van der Waals surface area (Å²) in [6.45, 7) is 0. The first-order valence-corrected chi connectivity index (χ1v) is 5.29. The zero-order valence-electron chi connectivity index (χ0n) is 9.69. The molecule has 1 amide bonds. The van der Waals surface area contributed by atoms with Crippen LogP contribution in [0.25, 0.3) is 0 Å². The molecule has 4 nitrogen and oxygen atoms in total. The quantitative estimate of drug-likeness (QED) is 0.836. The van der Waals surface area contributed by atoms with E-state index in [2.05, 4.69) is 0 Å². The molecule has 0 aliphatic rings. The summed E-state index contributed by atoms with van der Waals surface area (Å²) >= 11 is 0. The van der Waals surface area contributed by atoms with Crippen LogP contribution in [0.2, 0.25) is 0 Å². The average molecular weight is 264 g/mol. The van der Waals surface area contributed by atoms with E-state index in [-0.39, 0.29) is 22.7 Å². The first-order chi connectivity index (χ1) is 8.97. The number of primary amides is 1. The van der Waals surface area contributed by atoms with Gasteiger partial charge in [-0.1, -0.05) is 6.07 Å². The van der Waals surface area contributed by atoms with Gasteiger partial charge >= 0.3 is 0 Å². The van der Waals surface area contributed by atoms with Crippen molar-refractivity contribution in [2.75, 3.05) is 5.73 Å². The summed E-state index contributed by atoms with van der Waals surface area (Å²) in [4.78, 5) is 11.1. The highest BCUT2D eigenvalue weighted by Crippen LogP contribution is 2.28. The number of ether oxygens (including phenoxy) is 1. The number of rotatable bonds is 3. The van der Waals surface area contributed by atoms with E-state index >= 15 is 0 Å². The third kappa shape index (κ3) is 2.79. The lowest BCUT2D eigenvalue weighted by atomic mass is 10.1. The van der Waals surface area contributed by atoms with Crippen LogP contribution in [0.15, 0.2) is 36.4 Å². The van der Waals surface area contributed by atoms with Crippen molar-refractivity contribution in [3.05, 3.63) is 53.6 Å². The van der Waals surface area contributed by atoms with Gasteiger partial charge in [0.25, 0.3) is 5.91 Å². The van der Waals surface area contributed by atoms with E-state index in [9.17, 15) is 13.6 Å². The highest BCUT2D eigenvalue weighted by atomic mass is 19.1. The summed E-state index contributed by atoms with van der Waals surface area (Å²) in [6, 6.07) is 7.17. The molecule has 19 heavy (non-hydrogen) atoms. The molecule has 0 saturated heterocycles. The van der Waals surface area contributed by atoms with Crippen LogP contribution in [0.4, 0.5) is 14.5 Å². The first-order valence-electron chi connectivity index (χ1n) is 5.29. The summed E-state index contributed by atoms with van der Waals surface area (Å²) in [5.41, 5.74) is 10.4. The van der Waals surface area contributed by atoms with Crippen molar-refractivity contribution in [3.8, 4) is 11.5 Å². The summed E-state index contributed by atoms with van der Waals surface area (Å²) in [5, 5.41) is 0. The van der Waals surface area contributed by atoms with E-state index in [4.69, 9.17) is 16.2 Å². The van der Waals surface area contributed by atoms with E-state index in [1.807, 2.05) is 0 Å². The van der Waals surface area contributed by atoms with Crippen LogP contribution in [0.3, 0.4) is 0 Å². The molecule has 0 atom stereocenters. The van der Waals surface area contributed by atoms with Crippen molar-refractivity contribution >= 4 is 11.6 Å². The Bertz CT molecular complexity index is 645. The predicted octanol–water partition coefficient (Wildman–Crippen LogP) is 2.44. The molecule has 0 bridgehead atoms. The van der Waals surface area contributed by atoms with Crippen molar-refractivity contribution in [1.82, 2.24) is 0 Å². The number of hydrogen-bond acceptors (Lipinski definition) is 3. The van der Waals surface area contributed by atoms with Gasteiger partial charge in [-0.2, -0.15) is 0 Å². The Morgan fingerprint density at radius 3 is 2.53 bits per heavy atom. The monoisotopic (exact) mass is 264 g/mol. The average Bonchev–Trinajstić information content (AvgIpc) is 2.32. The van der Waals surface area contributed by atoms with Gasteiger partial charge in [0.1, 0.15) is 11.6 Å². The van der Waals surface area contributed by atoms with E-state index in [0.717, 1.165) is 18.2 Å². The number of halogens is 2. The molecule has 2 aromatic rings. The molecule has 0 radical (unpaired) electrons. The molecular weight excluding hydrogens is 254 g/mol.